The van der Waals surface area contributed by atoms with Crippen molar-refractivity contribution >= 4 is 11.6 Å². The van der Waals surface area contributed by atoms with Gasteiger partial charge in [-0.25, -0.2) is 4.98 Å². The smallest absolute Gasteiger partial charge is 0.255 e. The number of pyridine rings is 1. The fraction of sp³-hybridized carbons (Fsp3) is 0.0909. The molecule has 4 heteroatoms. The molecule has 1 amide bonds. The van der Waals surface area contributed by atoms with Crippen LogP contribution in [0.3, 0.4) is 0 Å². The number of methoxy groups -OCH3 is 1. The highest BCUT2D eigenvalue weighted by atomic mass is 16.5. The molecule has 0 bridgehead atoms. The van der Waals surface area contributed by atoms with Crippen LogP contribution in [0.1, 0.15) is 27.2 Å². The van der Waals surface area contributed by atoms with Crippen LogP contribution >= 0.6 is 0 Å². The number of benzene rings is 2. The maximum absolute atomic E-state index is 12.5. The molecule has 0 spiro atoms. The second kappa shape index (κ2) is 8.00. The first-order valence-electron chi connectivity index (χ1n) is 8.15. The topological polar surface area (TPSA) is 51.2 Å². The summed E-state index contributed by atoms with van der Waals surface area (Å²) in [4.78, 5) is 16.6. The highest BCUT2D eigenvalue weighted by Gasteiger charge is 2.09. The number of hydrogen-bond acceptors (Lipinski definition) is 3. The lowest BCUT2D eigenvalue weighted by Crippen LogP contribution is -2.12. The Bertz CT molecular complexity index is 986. The van der Waals surface area contributed by atoms with Gasteiger partial charge in [0, 0.05) is 23.0 Å². The van der Waals surface area contributed by atoms with E-state index in [1.54, 1.807) is 25.4 Å². The van der Waals surface area contributed by atoms with Crippen LogP contribution in [-0.2, 0) is 0 Å². The summed E-state index contributed by atoms with van der Waals surface area (Å²) in [5, 5.41) is 2.89. The van der Waals surface area contributed by atoms with E-state index in [4.69, 9.17) is 4.74 Å². The maximum Gasteiger partial charge on any atom is 0.255 e. The van der Waals surface area contributed by atoms with Crippen LogP contribution in [0.4, 0.5) is 5.69 Å². The summed E-state index contributed by atoms with van der Waals surface area (Å²) in [7, 11) is 1.59. The van der Waals surface area contributed by atoms with Gasteiger partial charge in [-0.2, -0.15) is 0 Å². The molecule has 1 heterocycles. The van der Waals surface area contributed by atoms with Crippen molar-refractivity contribution in [3.05, 3.63) is 89.2 Å². The molecule has 0 saturated carbocycles. The van der Waals surface area contributed by atoms with Crippen molar-refractivity contribution in [2.24, 2.45) is 0 Å². The Kier molecular flexibility index (Phi) is 5.31. The highest BCUT2D eigenvalue weighted by Crippen LogP contribution is 2.20. The molecular weight excluding hydrogens is 324 g/mol. The van der Waals surface area contributed by atoms with Gasteiger partial charge in [-0.15, -0.1) is 0 Å². The molecule has 0 atom stereocenters. The van der Waals surface area contributed by atoms with Gasteiger partial charge in [0.1, 0.15) is 11.4 Å². The van der Waals surface area contributed by atoms with E-state index < -0.39 is 0 Å². The normalized spacial score (nSPS) is 9.77. The lowest BCUT2D eigenvalue weighted by atomic mass is 10.1. The number of ether oxygens (including phenoxy) is 1. The maximum atomic E-state index is 12.5. The molecule has 0 radical (unpaired) electrons. The van der Waals surface area contributed by atoms with Gasteiger partial charge in [0.2, 0.25) is 0 Å². The first-order chi connectivity index (χ1) is 12.7. The Morgan fingerprint density at radius 3 is 2.69 bits per heavy atom. The molecule has 4 nitrogen and oxygen atoms in total. The Labute approximate surface area is 152 Å². The van der Waals surface area contributed by atoms with Gasteiger partial charge in [-0.1, -0.05) is 24.1 Å². The van der Waals surface area contributed by atoms with E-state index in [0.29, 0.717) is 22.7 Å². The molecule has 0 unspecified atom stereocenters. The minimum absolute atomic E-state index is 0.196. The quantitative estimate of drug-likeness (QED) is 0.731. The van der Waals surface area contributed by atoms with Crippen LogP contribution in [0, 0.1) is 18.8 Å². The molecule has 1 N–H and O–H groups in total. The largest absolute Gasteiger partial charge is 0.496 e. The van der Waals surface area contributed by atoms with Gasteiger partial charge in [0.05, 0.1) is 7.11 Å². The summed E-state index contributed by atoms with van der Waals surface area (Å²) in [6, 6.07) is 18.4. The minimum atomic E-state index is -0.196. The van der Waals surface area contributed by atoms with E-state index in [0.717, 1.165) is 11.1 Å². The standard InChI is InChI=1S/C22H18N2O2/c1-16-9-11-18(15-21(16)26-2)22(25)24-20-8-5-6-17(14-20)10-12-19-7-3-4-13-23-19/h3-9,11,13-15H,1-2H3,(H,24,25). The van der Waals surface area contributed by atoms with E-state index in [1.807, 2.05) is 55.5 Å². The third kappa shape index (κ3) is 4.28. The number of aryl methyl sites for hydroxylation is 1. The van der Waals surface area contributed by atoms with Crippen LogP contribution in [0.25, 0.3) is 0 Å². The second-order valence-corrected chi connectivity index (χ2v) is 5.68. The Morgan fingerprint density at radius 1 is 1.04 bits per heavy atom. The highest BCUT2D eigenvalue weighted by molar-refractivity contribution is 6.04. The van der Waals surface area contributed by atoms with Crippen molar-refractivity contribution in [3.63, 3.8) is 0 Å². The zero-order chi connectivity index (χ0) is 18.4. The van der Waals surface area contributed by atoms with Crippen molar-refractivity contribution in [2.45, 2.75) is 6.92 Å². The number of nitrogens with one attached hydrogen (secondary N) is 1. The molecule has 26 heavy (non-hydrogen) atoms. The molecule has 0 aliphatic carbocycles. The van der Waals surface area contributed by atoms with Crippen molar-refractivity contribution < 1.29 is 9.53 Å². The van der Waals surface area contributed by atoms with Crippen LogP contribution in [0.5, 0.6) is 5.75 Å². The van der Waals surface area contributed by atoms with E-state index in [1.165, 1.54) is 0 Å². The summed E-state index contributed by atoms with van der Waals surface area (Å²) in [6.07, 6.45) is 1.70. The van der Waals surface area contributed by atoms with E-state index in [-0.39, 0.29) is 5.91 Å². The minimum Gasteiger partial charge on any atom is -0.496 e. The number of rotatable bonds is 3. The van der Waals surface area contributed by atoms with E-state index in [9.17, 15) is 4.79 Å². The van der Waals surface area contributed by atoms with Crippen LogP contribution < -0.4 is 10.1 Å². The lowest BCUT2D eigenvalue weighted by Gasteiger charge is -2.09. The SMILES string of the molecule is COc1cc(C(=O)Nc2cccc(C#Cc3ccccn3)c2)ccc1C. The molecule has 0 aliphatic heterocycles. The number of anilines is 1. The molecule has 3 rings (SSSR count). The van der Waals surface area contributed by atoms with Crippen molar-refractivity contribution in [3.8, 4) is 17.6 Å². The Morgan fingerprint density at radius 2 is 1.92 bits per heavy atom. The van der Waals surface area contributed by atoms with E-state index >= 15 is 0 Å². The molecule has 128 valence electrons. The van der Waals surface area contributed by atoms with Crippen molar-refractivity contribution in [2.75, 3.05) is 12.4 Å². The van der Waals surface area contributed by atoms with Crippen LogP contribution in [-0.4, -0.2) is 18.0 Å². The summed E-state index contributed by atoms with van der Waals surface area (Å²) in [6.45, 7) is 1.93. The van der Waals surface area contributed by atoms with Gasteiger partial charge >= 0.3 is 0 Å². The summed E-state index contributed by atoms with van der Waals surface area (Å²) >= 11 is 0. The van der Waals surface area contributed by atoms with Crippen LogP contribution in [0.2, 0.25) is 0 Å². The molecule has 0 saturated heterocycles. The van der Waals surface area contributed by atoms with E-state index in [2.05, 4.69) is 22.1 Å². The monoisotopic (exact) mass is 342 g/mol. The average molecular weight is 342 g/mol. The molecule has 0 aliphatic rings. The van der Waals surface area contributed by atoms with Gasteiger partial charge in [0.15, 0.2) is 0 Å². The van der Waals surface area contributed by atoms with Gasteiger partial charge < -0.3 is 10.1 Å². The van der Waals surface area contributed by atoms with Crippen LogP contribution in [0.15, 0.2) is 66.9 Å². The fourth-order valence-electron chi connectivity index (χ4n) is 2.41. The molecule has 0 fully saturated rings. The first kappa shape index (κ1) is 17.2. The molecule has 2 aromatic carbocycles. The van der Waals surface area contributed by atoms with Gasteiger partial charge in [-0.05, 0) is 60.9 Å². The average Bonchev–Trinajstić information content (AvgIpc) is 2.68. The number of carbonyl (C=O) groups excluding carboxylic acids is 1. The van der Waals surface area contributed by atoms with Gasteiger partial charge in [-0.3, -0.25) is 4.79 Å². The zero-order valence-corrected chi connectivity index (χ0v) is 14.6. The number of amides is 1. The molecule has 3 aromatic rings. The number of hydrogen-bond donors (Lipinski definition) is 1. The summed E-state index contributed by atoms with van der Waals surface area (Å²) < 4.78 is 5.27. The van der Waals surface area contributed by atoms with Gasteiger partial charge in [0.25, 0.3) is 5.91 Å². The predicted octanol–water partition coefficient (Wildman–Crippen LogP) is 4.05. The number of carbonyl (C=O) groups is 1. The Hall–Kier alpha value is -3.58. The Balaban J connectivity index is 1.77. The number of aromatic nitrogens is 1. The number of nitrogens with zero attached hydrogens (tertiary/aromatic N) is 1. The second-order valence-electron chi connectivity index (χ2n) is 5.68. The third-order valence-corrected chi connectivity index (χ3v) is 3.79. The molecular formula is C22H18N2O2. The summed E-state index contributed by atoms with van der Waals surface area (Å²) in [5.74, 6) is 6.55. The lowest BCUT2D eigenvalue weighted by molar-refractivity contribution is 0.102. The predicted molar refractivity (Wildman–Crippen MR) is 102 cm³/mol. The third-order valence-electron chi connectivity index (χ3n) is 3.79. The summed E-state index contributed by atoms with van der Waals surface area (Å²) in [5.41, 5.74) is 3.71. The molecule has 1 aromatic heterocycles. The fourth-order valence-corrected chi connectivity index (χ4v) is 2.41. The van der Waals surface area contributed by atoms with Crippen molar-refractivity contribution in [1.82, 2.24) is 4.98 Å². The zero-order valence-electron chi connectivity index (χ0n) is 14.6. The van der Waals surface area contributed by atoms with Crippen molar-refractivity contribution in [1.29, 1.82) is 0 Å². The first-order valence-corrected chi connectivity index (χ1v) is 8.15.